The number of carbonyl (C=O) groups is 2. The summed E-state index contributed by atoms with van der Waals surface area (Å²) in [6, 6.07) is 6.14. The van der Waals surface area contributed by atoms with Crippen molar-refractivity contribution in [2.75, 3.05) is 27.4 Å². The van der Waals surface area contributed by atoms with E-state index < -0.39 is 17.5 Å². The minimum atomic E-state index is -4.56. The zero-order valence-electron chi connectivity index (χ0n) is 23.4. The van der Waals surface area contributed by atoms with Crippen LogP contribution in [0.25, 0.3) is 21.8 Å². The van der Waals surface area contributed by atoms with Gasteiger partial charge in [0.1, 0.15) is 9.21 Å². The van der Waals surface area contributed by atoms with Gasteiger partial charge >= 0.3 is 6.18 Å². The summed E-state index contributed by atoms with van der Waals surface area (Å²) in [7, 11) is 3.24. The van der Waals surface area contributed by atoms with Gasteiger partial charge in [0, 0.05) is 62.4 Å². The minimum Gasteiger partial charge on any atom is -0.385 e. The second-order valence-corrected chi connectivity index (χ2v) is 10.9. The van der Waals surface area contributed by atoms with Crippen molar-refractivity contribution in [3.05, 3.63) is 55.7 Å². The molecule has 0 spiro atoms. The minimum absolute atomic E-state index is 0.0141. The van der Waals surface area contributed by atoms with Crippen molar-refractivity contribution in [3.8, 4) is 0 Å². The molecule has 0 radical (unpaired) electrons. The van der Waals surface area contributed by atoms with E-state index in [-0.39, 0.29) is 26.9 Å². The predicted molar refractivity (Wildman–Crippen MR) is 158 cm³/mol. The summed E-state index contributed by atoms with van der Waals surface area (Å²) in [6.07, 6.45) is -3.07. The number of carbonyl (C=O) groups excluding carboxylic acids is 2. The van der Waals surface area contributed by atoms with E-state index in [1.54, 1.807) is 21.1 Å². The average molecular weight is 704 g/mol. The molecule has 0 fully saturated rings. The highest BCUT2D eigenvalue weighted by atomic mass is 79.9. The molecule has 222 valence electrons. The Morgan fingerprint density at radius 3 is 1.68 bits per heavy atom. The van der Waals surface area contributed by atoms with E-state index in [1.807, 2.05) is 23.7 Å². The lowest BCUT2D eigenvalue weighted by Crippen LogP contribution is -2.09. The molecule has 0 amide bonds. The number of hydrogen-bond acceptors (Lipinski definition) is 6. The summed E-state index contributed by atoms with van der Waals surface area (Å²) in [4.78, 5) is 23.1. The third-order valence-electron chi connectivity index (χ3n) is 6.37. The van der Waals surface area contributed by atoms with Gasteiger partial charge < -0.3 is 9.47 Å². The number of Topliss-reactive ketones (excluding diaryl/α,β-unsaturated/α-hetero) is 2. The summed E-state index contributed by atoms with van der Waals surface area (Å²) in [5.74, 6) is -0.348. The van der Waals surface area contributed by atoms with Crippen LogP contribution < -0.4 is 0 Å². The number of ketones is 2. The molecule has 2 heterocycles. The maximum absolute atomic E-state index is 13.3. The van der Waals surface area contributed by atoms with Gasteiger partial charge in [0.2, 0.25) is 0 Å². The Morgan fingerprint density at radius 2 is 1.24 bits per heavy atom. The smallest absolute Gasteiger partial charge is 0.385 e. The summed E-state index contributed by atoms with van der Waals surface area (Å²) >= 11 is 6.57. The van der Waals surface area contributed by atoms with Crippen molar-refractivity contribution in [1.29, 1.82) is 0 Å². The van der Waals surface area contributed by atoms with E-state index in [9.17, 15) is 22.8 Å². The zero-order chi connectivity index (χ0) is 30.5. The van der Waals surface area contributed by atoms with E-state index in [2.05, 4.69) is 42.1 Å². The van der Waals surface area contributed by atoms with Crippen molar-refractivity contribution in [1.82, 2.24) is 19.6 Å². The molecule has 0 atom stereocenters. The molecule has 0 aliphatic carbocycles. The van der Waals surface area contributed by atoms with E-state index in [0.29, 0.717) is 26.2 Å². The number of benzene rings is 2. The number of halogens is 5. The van der Waals surface area contributed by atoms with Gasteiger partial charge in [-0.3, -0.25) is 19.0 Å². The van der Waals surface area contributed by atoms with Crippen LogP contribution in [0, 0.1) is 6.92 Å². The highest BCUT2D eigenvalue weighted by Gasteiger charge is 2.35. The van der Waals surface area contributed by atoms with Crippen LogP contribution in [0.15, 0.2) is 33.5 Å². The summed E-state index contributed by atoms with van der Waals surface area (Å²) in [5, 5.41) is 9.63. The van der Waals surface area contributed by atoms with Crippen LogP contribution in [0.5, 0.6) is 0 Å². The standard InChI is InChI=1S/C14H14BrF3N2O2.C14H17BrN2O2/c1-8(21)9-6-10(14(16,17)18)12-11(7-9)20(19-13(12)15)4-3-5-22-2;1-9-7-11(10(2)18)8-12-13(9)14(15)16-17(12)5-4-6-19-3/h6-7H,3-5H2,1-2H3;7-8H,4-6H2,1-3H3. The number of hydrogen-bond donors (Lipinski definition) is 0. The molecule has 0 aliphatic rings. The van der Waals surface area contributed by atoms with Crippen LogP contribution in [-0.4, -0.2) is 58.6 Å². The Labute approximate surface area is 252 Å². The molecule has 13 heteroatoms. The van der Waals surface area contributed by atoms with Crippen molar-refractivity contribution < 1.29 is 32.2 Å². The van der Waals surface area contributed by atoms with Crippen molar-refractivity contribution in [2.24, 2.45) is 0 Å². The van der Waals surface area contributed by atoms with Crippen LogP contribution in [0.1, 0.15) is 58.5 Å². The van der Waals surface area contributed by atoms with Crippen LogP contribution >= 0.6 is 31.9 Å². The first kappa shape index (κ1) is 32.9. The maximum atomic E-state index is 13.3. The lowest BCUT2D eigenvalue weighted by molar-refractivity contribution is -0.136. The van der Waals surface area contributed by atoms with Crippen LogP contribution in [0.4, 0.5) is 13.2 Å². The normalized spacial score (nSPS) is 11.7. The van der Waals surface area contributed by atoms with Gasteiger partial charge in [-0.15, -0.1) is 0 Å². The quantitative estimate of drug-likeness (QED) is 0.126. The van der Waals surface area contributed by atoms with E-state index >= 15 is 0 Å². The van der Waals surface area contributed by atoms with Crippen LogP contribution in [-0.2, 0) is 28.7 Å². The number of methoxy groups -OCH3 is 2. The van der Waals surface area contributed by atoms with E-state index in [1.165, 1.54) is 17.7 Å². The number of alkyl halides is 3. The largest absolute Gasteiger partial charge is 0.417 e. The Bertz CT molecular complexity index is 1560. The molecule has 4 aromatic rings. The molecule has 2 aromatic heterocycles. The zero-order valence-corrected chi connectivity index (χ0v) is 26.5. The molecular weight excluding hydrogens is 673 g/mol. The third kappa shape index (κ3) is 7.82. The SMILES string of the molecule is COCCCn1nc(Br)c2c(C(F)(F)F)cc(C(C)=O)cc21.COCCCn1nc(Br)c2c(C)cc(C(C)=O)cc21. The molecule has 0 saturated carbocycles. The summed E-state index contributed by atoms with van der Waals surface area (Å²) in [6.45, 7) is 7.16. The first-order valence-corrected chi connectivity index (χ1v) is 14.3. The molecule has 0 N–H and O–H groups in total. The fourth-order valence-electron chi connectivity index (χ4n) is 4.40. The van der Waals surface area contributed by atoms with Gasteiger partial charge in [-0.05, 0) is 95.3 Å². The number of aromatic nitrogens is 4. The first-order chi connectivity index (χ1) is 19.3. The van der Waals surface area contributed by atoms with E-state index in [0.717, 1.165) is 45.7 Å². The topological polar surface area (TPSA) is 88.2 Å². The number of nitrogens with zero attached hydrogens (tertiary/aromatic N) is 4. The van der Waals surface area contributed by atoms with Gasteiger partial charge in [0.15, 0.2) is 11.6 Å². The Hall–Kier alpha value is -2.61. The fourth-order valence-corrected chi connectivity index (χ4v) is 5.71. The lowest BCUT2D eigenvalue weighted by atomic mass is 10.0. The summed E-state index contributed by atoms with van der Waals surface area (Å²) < 4.78 is 54.1. The monoisotopic (exact) mass is 702 g/mol. The number of rotatable bonds is 10. The highest BCUT2D eigenvalue weighted by molar-refractivity contribution is 9.10. The number of ether oxygens (including phenoxy) is 2. The van der Waals surface area contributed by atoms with Gasteiger partial charge in [0.05, 0.1) is 16.6 Å². The molecule has 0 unspecified atom stereocenters. The van der Waals surface area contributed by atoms with Crippen LogP contribution in [0.2, 0.25) is 0 Å². The van der Waals surface area contributed by atoms with Crippen molar-refractivity contribution in [2.45, 2.75) is 52.9 Å². The van der Waals surface area contributed by atoms with Gasteiger partial charge in [-0.2, -0.15) is 23.4 Å². The number of fused-ring (bicyclic) bond motifs is 2. The van der Waals surface area contributed by atoms with Crippen LogP contribution in [0.3, 0.4) is 0 Å². The molecule has 0 saturated heterocycles. The molecule has 0 bridgehead atoms. The molecule has 2 aromatic carbocycles. The second kappa shape index (κ2) is 14.0. The second-order valence-electron chi connectivity index (χ2n) is 9.44. The highest BCUT2D eigenvalue weighted by Crippen LogP contribution is 2.39. The van der Waals surface area contributed by atoms with Gasteiger partial charge in [-0.1, -0.05) is 0 Å². The van der Waals surface area contributed by atoms with Crippen molar-refractivity contribution in [3.63, 3.8) is 0 Å². The molecule has 41 heavy (non-hydrogen) atoms. The maximum Gasteiger partial charge on any atom is 0.417 e. The molecular formula is C28H31Br2F3N4O4. The summed E-state index contributed by atoms with van der Waals surface area (Å²) in [5.41, 5.74) is 2.22. The van der Waals surface area contributed by atoms with Gasteiger partial charge in [-0.25, -0.2) is 0 Å². The van der Waals surface area contributed by atoms with E-state index in [4.69, 9.17) is 9.47 Å². The number of aryl methyl sites for hydroxylation is 3. The lowest BCUT2D eigenvalue weighted by Gasteiger charge is -2.11. The van der Waals surface area contributed by atoms with Gasteiger partial charge in [0.25, 0.3) is 0 Å². The fraction of sp³-hybridized carbons (Fsp3) is 0.429. The molecule has 4 rings (SSSR count). The predicted octanol–water partition coefficient (Wildman–Crippen LogP) is 7.40. The first-order valence-electron chi connectivity index (χ1n) is 12.7. The molecule has 8 nitrogen and oxygen atoms in total. The Morgan fingerprint density at radius 1 is 0.805 bits per heavy atom. The Kier molecular flexibility index (Phi) is 11.3. The Balaban J connectivity index is 0.000000228. The van der Waals surface area contributed by atoms with Crippen molar-refractivity contribution >= 4 is 65.2 Å². The third-order valence-corrected chi connectivity index (χ3v) is 7.48. The average Bonchev–Trinajstić information content (AvgIpc) is 3.39. The molecule has 0 aliphatic heterocycles.